The van der Waals surface area contributed by atoms with E-state index in [1.165, 1.54) is 36.0 Å². The van der Waals surface area contributed by atoms with E-state index in [9.17, 15) is 4.79 Å². The normalized spacial score (nSPS) is 20.8. The monoisotopic (exact) mass is 213 g/mol. The first kappa shape index (κ1) is 9.80. The molecule has 0 aliphatic heterocycles. The molecule has 2 aliphatic carbocycles. The number of carbonyl (C=O) groups excluding carboxylic acids is 1. The summed E-state index contributed by atoms with van der Waals surface area (Å²) in [6, 6.07) is 6.48. The van der Waals surface area contributed by atoms with Gasteiger partial charge in [-0.25, -0.2) is 4.79 Å². The molecule has 0 unspecified atom stereocenters. The Hall–Kier alpha value is -1.40. The number of fused-ring (bicyclic) bond motifs is 1. The van der Waals surface area contributed by atoms with E-state index in [1.54, 1.807) is 6.08 Å². The van der Waals surface area contributed by atoms with Gasteiger partial charge in [-0.05, 0) is 55.2 Å². The minimum atomic E-state index is -0.190. The van der Waals surface area contributed by atoms with E-state index in [0.29, 0.717) is 0 Å². The molecule has 0 saturated heterocycles. The summed E-state index contributed by atoms with van der Waals surface area (Å²) in [6.07, 6.45) is 8.68. The second kappa shape index (κ2) is 3.57. The Kier molecular flexibility index (Phi) is 2.19. The van der Waals surface area contributed by atoms with E-state index in [4.69, 9.17) is 0 Å². The maximum Gasteiger partial charge on any atom is 0.235 e. The fraction of sp³-hybridized carbons (Fsp3) is 0.500. The van der Waals surface area contributed by atoms with Crippen LogP contribution in [0.1, 0.15) is 42.4 Å². The molecule has 1 saturated carbocycles. The molecular weight excluding hydrogens is 198 g/mol. The zero-order valence-corrected chi connectivity index (χ0v) is 9.33. The minimum Gasteiger partial charge on any atom is -0.211 e. The van der Waals surface area contributed by atoms with Gasteiger partial charge in [-0.1, -0.05) is 18.2 Å². The van der Waals surface area contributed by atoms with Crippen molar-refractivity contribution in [3.63, 3.8) is 0 Å². The van der Waals surface area contributed by atoms with E-state index < -0.39 is 0 Å². The first-order chi connectivity index (χ1) is 7.86. The van der Waals surface area contributed by atoms with Gasteiger partial charge in [0.1, 0.15) is 0 Å². The van der Waals surface area contributed by atoms with Gasteiger partial charge in [-0.3, -0.25) is 0 Å². The van der Waals surface area contributed by atoms with Crippen LogP contribution in [0.3, 0.4) is 0 Å². The molecule has 0 N–H and O–H groups in total. The molecule has 2 aliphatic rings. The third-order valence-corrected chi connectivity index (χ3v) is 3.88. The number of hydrogen-bond donors (Lipinski definition) is 0. The number of benzene rings is 1. The van der Waals surface area contributed by atoms with Crippen LogP contribution in [0.15, 0.2) is 23.2 Å². The number of hydrogen-bond acceptors (Lipinski definition) is 2. The van der Waals surface area contributed by atoms with Gasteiger partial charge in [0.15, 0.2) is 0 Å². The summed E-state index contributed by atoms with van der Waals surface area (Å²) < 4.78 is 0. The lowest BCUT2D eigenvalue weighted by molar-refractivity contribution is 0.555. The molecule has 16 heavy (non-hydrogen) atoms. The lowest BCUT2D eigenvalue weighted by atomic mass is 9.85. The summed E-state index contributed by atoms with van der Waals surface area (Å²) in [5.74, 6) is 0. The molecular formula is C14H15NO. The van der Waals surface area contributed by atoms with E-state index >= 15 is 0 Å². The van der Waals surface area contributed by atoms with Crippen molar-refractivity contribution in [3.05, 3.63) is 34.9 Å². The van der Waals surface area contributed by atoms with Crippen LogP contribution in [0.4, 0.5) is 0 Å². The molecule has 0 heterocycles. The molecule has 0 spiro atoms. The van der Waals surface area contributed by atoms with Gasteiger partial charge in [0.25, 0.3) is 0 Å². The summed E-state index contributed by atoms with van der Waals surface area (Å²) >= 11 is 0. The third kappa shape index (κ3) is 1.42. The van der Waals surface area contributed by atoms with Gasteiger partial charge in [-0.15, -0.1) is 0 Å². The second-order valence-corrected chi connectivity index (χ2v) is 4.89. The van der Waals surface area contributed by atoms with E-state index in [0.717, 1.165) is 19.3 Å². The molecule has 2 heteroatoms. The predicted molar refractivity (Wildman–Crippen MR) is 62.1 cm³/mol. The van der Waals surface area contributed by atoms with Crippen LogP contribution in [0.5, 0.6) is 0 Å². The Morgan fingerprint density at radius 3 is 2.75 bits per heavy atom. The van der Waals surface area contributed by atoms with Gasteiger partial charge in [0, 0.05) is 0 Å². The van der Waals surface area contributed by atoms with Crippen molar-refractivity contribution in [1.82, 2.24) is 0 Å². The molecule has 0 atom stereocenters. The Morgan fingerprint density at radius 1 is 1.19 bits per heavy atom. The Morgan fingerprint density at radius 2 is 2.00 bits per heavy atom. The van der Waals surface area contributed by atoms with Crippen LogP contribution in [-0.2, 0) is 23.2 Å². The first-order valence-electron chi connectivity index (χ1n) is 6.06. The summed E-state index contributed by atoms with van der Waals surface area (Å²) in [6.45, 7) is 0. The zero-order valence-electron chi connectivity index (χ0n) is 9.33. The summed E-state index contributed by atoms with van der Waals surface area (Å²) in [5, 5.41) is 0. The molecule has 0 aromatic heterocycles. The third-order valence-electron chi connectivity index (χ3n) is 3.88. The zero-order chi connectivity index (χ0) is 11.0. The first-order valence-corrected chi connectivity index (χ1v) is 6.06. The largest absolute Gasteiger partial charge is 0.235 e. The van der Waals surface area contributed by atoms with E-state index in [-0.39, 0.29) is 5.54 Å². The van der Waals surface area contributed by atoms with E-state index in [2.05, 4.69) is 23.2 Å². The lowest BCUT2D eigenvalue weighted by Crippen LogP contribution is -2.12. The topological polar surface area (TPSA) is 29.4 Å². The molecule has 2 nitrogen and oxygen atoms in total. The van der Waals surface area contributed by atoms with Gasteiger partial charge in [0.2, 0.25) is 6.08 Å². The Labute approximate surface area is 95.4 Å². The summed E-state index contributed by atoms with van der Waals surface area (Å²) in [4.78, 5) is 14.6. The van der Waals surface area contributed by atoms with Crippen molar-refractivity contribution >= 4 is 6.08 Å². The van der Waals surface area contributed by atoms with Crippen molar-refractivity contribution in [2.45, 2.75) is 44.1 Å². The molecule has 3 rings (SSSR count). The SMILES string of the molecule is O=C=NC1(c2cccc3c2CCCC3)CC1. The highest BCUT2D eigenvalue weighted by atomic mass is 16.1. The Bertz CT molecular complexity index is 468. The lowest BCUT2D eigenvalue weighted by Gasteiger charge is -2.21. The average molecular weight is 213 g/mol. The van der Waals surface area contributed by atoms with Crippen LogP contribution in [0.2, 0.25) is 0 Å². The molecule has 1 fully saturated rings. The molecule has 0 bridgehead atoms. The van der Waals surface area contributed by atoms with Gasteiger partial charge in [0.05, 0.1) is 5.54 Å². The number of nitrogens with zero attached hydrogens (tertiary/aromatic N) is 1. The second-order valence-electron chi connectivity index (χ2n) is 4.89. The van der Waals surface area contributed by atoms with Gasteiger partial charge >= 0.3 is 0 Å². The smallest absolute Gasteiger partial charge is 0.211 e. The van der Waals surface area contributed by atoms with E-state index in [1.807, 2.05) is 0 Å². The number of isocyanates is 1. The highest BCUT2D eigenvalue weighted by Crippen LogP contribution is 2.51. The van der Waals surface area contributed by atoms with Crippen molar-refractivity contribution in [1.29, 1.82) is 0 Å². The fourth-order valence-corrected chi connectivity index (χ4v) is 2.86. The van der Waals surface area contributed by atoms with Crippen molar-refractivity contribution in [2.75, 3.05) is 0 Å². The maximum atomic E-state index is 10.5. The van der Waals surface area contributed by atoms with Crippen LogP contribution in [0.25, 0.3) is 0 Å². The van der Waals surface area contributed by atoms with Gasteiger partial charge in [-0.2, -0.15) is 4.99 Å². The molecule has 0 amide bonds. The van der Waals surface area contributed by atoms with Crippen LogP contribution in [0, 0.1) is 0 Å². The average Bonchev–Trinajstić information content (AvgIpc) is 3.10. The number of aryl methyl sites for hydroxylation is 1. The maximum absolute atomic E-state index is 10.5. The Balaban J connectivity index is 2.11. The van der Waals surface area contributed by atoms with Crippen molar-refractivity contribution in [2.24, 2.45) is 4.99 Å². The molecule has 1 aromatic carbocycles. The standard InChI is InChI=1S/C14H15NO/c16-10-15-14(8-9-14)13-7-3-5-11-4-1-2-6-12(11)13/h3,5,7H,1-2,4,6,8-9H2. The molecule has 1 aromatic rings. The van der Waals surface area contributed by atoms with Crippen LogP contribution < -0.4 is 0 Å². The summed E-state index contributed by atoms with van der Waals surface area (Å²) in [7, 11) is 0. The molecule has 82 valence electrons. The van der Waals surface area contributed by atoms with Crippen LogP contribution in [-0.4, -0.2) is 6.08 Å². The number of aliphatic imine (C=N–C) groups is 1. The van der Waals surface area contributed by atoms with Crippen LogP contribution >= 0.6 is 0 Å². The number of rotatable bonds is 2. The minimum absolute atomic E-state index is 0.190. The predicted octanol–water partition coefficient (Wildman–Crippen LogP) is 2.89. The highest BCUT2D eigenvalue weighted by molar-refractivity contribution is 5.47. The summed E-state index contributed by atoms with van der Waals surface area (Å²) in [5.41, 5.74) is 4.04. The van der Waals surface area contributed by atoms with Gasteiger partial charge < -0.3 is 0 Å². The highest BCUT2D eigenvalue weighted by Gasteiger charge is 2.46. The van der Waals surface area contributed by atoms with Crippen molar-refractivity contribution < 1.29 is 4.79 Å². The fourth-order valence-electron chi connectivity index (χ4n) is 2.86. The molecule has 0 radical (unpaired) electrons. The quantitative estimate of drug-likeness (QED) is 0.548. The van der Waals surface area contributed by atoms with Crippen molar-refractivity contribution in [3.8, 4) is 0 Å².